The van der Waals surface area contributed by atoms with E-state index in [0.29, 0.717) is 0 Å². The van der Waals surface area contributed by atoms with E-state index in [4.69, 9.17) is 5.26 Å². The SMILES string of the molecule is CCCC[C@@H](O)[C@@H](C#N)CCCC. The van der Waals surface area contributed by atoms with Crippen molar-refractivity contribution in [1.82, 2.24) is 0 Å². The molecule has 0 unspecified atom stereocenters. The molecule has 2 nitrogen and oxygen atoms in total. The van der Waals surface area contributed by atoms with Gasteiger partial charge in [-0.2, -0.15) is 5.26 Å². The van der Waals surface area contributed by atoms with E-state index in [2.05, 4.69) is 19.9 Å². The topological polar surface area (TPSA) is 44.0 Å². The van der Waals surface area contributed by atoms with Crippen molar-refractivity contribution in [3.05, 3.63) is 0 Å². The van der Waals surface area contributed by atoms with Gasteiger partial charge in [0.25, 0.3) is 0 Å². The summed E-state index contributed by atoms with van der Waals surface area (Å²) in [7, 11) is 0. The Labute approximate surface area is 81.6 Å². The highest BCUT2D eigenvalue weighted by Gasteiger charge is 2.16. The van der Waals surface area contributed by atoms with E-state index in [-0.39, 0.29) is 5.92 Å². The average Bonchev–Trinajstić information content (AvgIpc) is 2.16. The molecule has 76 valence electrons. The van der Waals surface area contributed by atoms with Gasteiger partial charge in [0.1, 0.15) is 0 Å². The van der Waals surface area contributed by atoms with Crippen LogP contribution in [0.5, 0.6) is 0 Å². The minimum atomic E-state index is -0.406. The Balaban J connectivity index is 3.72. The van der Waals surface area contributed by atoms with Crippen molar-refractivity contribution in [3.8, 4) is 6.07 Å². The molecule has 0 aliphatic rings. The van der Waals surface area contributed by atoms with E-state index in [1.165, 1.54) is 0 Å². The Kier molecular flexibility index (Phi) is 7.73. The van der Waals surface area contributed by atoms with Crippen molar-refractivity contribution in [3.63, 3.8) is 0 Å². The summed E-state index contributed by atoms with van der Waals surface area (Å²) in [5, 5.41) is 18.5. The molecule has 0 rings (SSSR count). The van der Waals surface area contributed by atoms with Crippen LogP contribution in [-0.4, -0.2) is 11.2 Å². The van der Waals surface area contributed by atoms with Crippen molar-refractivity contribution >= 4 is 0 Å². The molecule has 0 bridgehead atoms. The zero-order chi connectivity index (χ0) is 10.1. The van der Waals surface area contributed by atoms with Gasteiger partial charge in [0, 0.05) is 0 Å². The van der Waals surface area contributed by atoms with E-state index in [1.54, 1.807) is 0 Å². The van der Waals surface area contributed by atoms with Crippen molar-refractivity contribution in [2.75, 3.05) is 0 Å². The third-order valence-electron chi connectivity index (χ3n) is 2.35. The molecule has 0 amide bonds. The van der Waals surface area contributed by atoms with Gasteiger partial charge >= 0.3 is 0 Å². The molecule has 0 aromatic rings. The lowest BCUT2D eigenvalue weighted by Crippen LogP contribution is -2.18. The maximum absolute atomic E-state index is 9.64. The molecule has 0 aromatic heterocycles. The summed E-state index contributed by atoms with van der Waals surface area (Å²) in [5.41, 5.74) is 0. The fourth-order valence-corrected chi connectivity index (χ4v) is 1.38. The predicted molar refractivity (Wildman–Crippen MR) is 54.2 cm³/mol. The Bertz CT molecular complexity index is 151. The van der Waals surface area contributed by atoms with Crippen LogP contribution < -0.4 is 0 Å². The van der Waals surface area contributed by atoms with Gasteiger partial charge in [-0.05, 0) is 12.8 Å². The van der Waals surface area contributed by atoms with Gasteiger partial charge in [0.05, 0.1) is 18.1 Å². The van der Waals surface area contributed by atoms with E-state index in [1.807, 2.05) is 0 Å². The molecule has 2 atom stereocenters. The van der Waals surface area contributed by atoms with Gasteiger partial charge in [0.15, 0.2) is 0 Å². The lowest BCUT2D eigenvalue weighted by Gasteiger charge is -2.15. The van der Waals surface area contributed by atoms with Gasteiger partial charge in [-0.25, -0.2) is 0 Å². The van der Waals surface area contributed by atoms with Crippen LogP contribution in [0.2, 0.25) is 0 Å². The molecule has 2 heteroatoms. The highest BCUT2D eigenvalue weighted by atomic mass is 16.3. The molecule has 0 heterocycles. The predicted octanol–water partition coefficient (Wildman–Crippen LogP) is 2.87. The van der Waals surface area contributed by atoms with Crippen LogP contribution in [0.25, 0.3) is 0 Å². The first-order chi connectivity index (χ1) is 6.26. The molecule has 13 heavy (non-hydrogen) atoms. The van der Waals surface area contributed by atoms with Crippen LogP contribution in [0.1, 0.15) is 52.4 Å². The van der Waals surface area contributed by atoms with Crippen molar-refractivity contribution < 1.29 is 5.11 Å². The van der Waals surface area contributed by atoms with E-state index >= 15 is 0 Å². The molecule has 0 fully saturated rings. The van der Waals surface area contributed by atoms with E-state index in [0.717, 1.165) is 38.5 Å². The molecule has 0 aliphatic heterocycles. The van der Waals surface area contributed by atoms with Crippen molar-refractivity contribution in [1.29, 1.82) is 5.26 Å². The van der Waals surface area contributed by atoms with Gasteiger partial charge < -0.3 is 5.11 Å². The Hall–Kier alpha value is -0.550. The zero-order valence-corrected chi connectivity index (χ0v) is 8.79. The average molecular weight is 183 g/mol. The lowest BCUT2D eigenvalue weighted by atomic mass is 9.94. The Morgan fingerprint density at radius 3 is 2.15 bits per heavy atom. The first-order valence-electron chi connectivity index (χ1n) is 5.33. The summed E-state index contributed by atoms with van der Waals surface area (Å²) in [5.74, 6) is -0.147. The maximum atomic E-state index is 9.64. The van der Waals surface area contributed by atoms with Gasteiger partial charge in [-0.15, -0.1) is 0 Å². The quantitative estimate of drug-likeness (QED) is 0.659. The van der Waals surface area contributed by atoms with Crippen LogP contribution in [0.3, 0.4) is 0 Å². The number of unbranched alkanes of at least 4 members (excludes halogenated alkanes) is 2. The summed E-state index contributed by atoms with van der Waals surface area (Å²) in [6.07, 6.45) is 5.46. The highest BCUT2D eigenvalue weighted by molar-refractivity contribution is 4.87. The second-order valence-electron chi connectivity index (χ2n) is 3.59. The minimum Gasteiger partial charge on any atom is -0.392 e. The second kappa shape index (κ2) is 8.07. The van der Waals surface area contributed by atoms with E-state index in [9.17, 15) is 5.11 Å². The number of rotatable bonds is 7. The smallest absolute Gasteiger partial charge is 0.0722 e. The monoisotopic (exact) mass is 183 g/mol. The number of nitrogens with zero attached hydrogens (tertiary/aromatic N) is 1. The first-order valence-corrected chi connectivity index (χ1v) is 5.33. The molecule has 0 aromatic carbocycles. The van der Waals surface area contributed by atoms with Crippen molar-refractivity contribution in [2.45, 2.75) is 58.5 Å². The molecule has 0 spiro atoms. The van der Waals surface area contributed by atoms with Crippen LogP contribution in [0.4, 0.5) is 0 Å². The summed E-state index contributed by atoms with van der Waals surface area (Å²) in [6.45, 7) is 4.20. The van der Waals surface area contributed by atoms with E-state index < -0.39 is 6.10 Å². The Morgan fingerprint density at radius 1 is 1.15 bits per heavy atom. The largest absolute Gasteiger partial charge is 0.392 e. The van der Waals surface area contributed by atoms with Crippen molar-refractivity contribution in [2.24, 2.45) is 5.92 Å². The fraction of sp³-hybridized carbons (Fsp3) is 0.909. The number of hydrogen-bond donors (Lipinski definition) is 1. The number of aliphatic hydroxyl groups is 1. The number of aliphatic hydroxyl groups excluding tert-OH is 1. The molecule has 0 saturated carbocycles. The van der Waals surface area contributed by atoms with Crippen LogP contribution >= 0.6 is 0 Å². The summed E-state index contributed by atoms with van der Waals surface area (Å²) in [4.78, 5) is 0. The van der Waals surface area contributed by atoms with Crippen LogP contribution in [0, 0.1) is 17.2 Å². The standard InChI is InChI=1S/C11H21NO/c1-3-5-7-10(9-12)11(13)8-6-4-2/h10-11,13H,3-8H2,1-2H3/t10-,11-/m1/s1. The third kappa shape index (κ3) is 5.65. The zero-order valence-electron chi connectivity index (χ0n) is 8.79. The molecule has 1 N–H and O–H groups in total. The second-order valence-corrected chi connectivity index (χ2v) is 3.59. The maximum Gasteiger partial charge on any atom is 0.0722 e. The summed E-state index contributed by atoms with van der Waals surface area (Å²) in [6, 6.07) is 2.20. The summed E-state index contributed by atoms with van der Waals surface area (Å²) >= 11 is 0. The lowest BCUT2D eigenvalue weighted by molar-refractivity contribution is 0.116. The molecule has 0 aliphatic carbocycles. The highest BCUT2D eigenvalue weighted by Crippen LogP contribution is 2.16. The van der Waals surface area contributed by atoms with Gasteiger partial charge in [-0.3, -0.25) is 0 Å². The number of nitriles is 1. The third-order valence-corrected chi connectivity index (χ3v) is 2.35. The first kappa shape index (κ1) is 12.4. The normalized spacial score (nSPS) is 14.9. The van der Waals surface area contributed by atoms with Gasteiger partial charge in [-0.1, -0.05) is 39.5 Å². The fourth-order valence-electron chi connectivity index (χ4n) is 1.38. The molecule has 0 radical (unpaired) electrons. The molecular weight excluding hydrogens is 162 g/mol. The van der Waals surface area contributed by atoms with Crippen LogP contribution in [-0.2, 0) is 0 Å². The summed E-state index contributed by atoms with van der Waals surface area (Å²) < 4.78 is 0. The Morgan fingerprint density at radius 2 is 1.69 bits per heavy atom. The molecule has 0 saturated heterocycles. The van der Waals surface area contributed by atoms with Gasteiger partial charge in [0.2, 0.25) is 0 Å². The van der Waals surface area contributed by atoms with Crippen LogP contribution in [0.15, 0.2) is 0 Å². The number of hydrogen-bond acceptors (Lipinski definition) is 2. The molecular formula is C11H21NO. The minimum absolute atomic E-state index is 0.147.